The SMILES string of the molecule is c1ccc2cc(-c3ccc(N(c4cccc5oc6ccccc6c45)c4cccc5sc6ccccc6c45)cc3)ccc2c1. The zero-order chi connectivity index (χ0) is 28.3. The van der Waals surface area contributed by atoms with Crippen molar-refractivity contribution in [3.05, 3.63) is 152 Å². The molecule has 0 saturated carbocycles. The van der Waals surface area contributed by atoms with Crippen molar-refractivity contribution in [3.8, 4) is 11.1 Å². The minimum absolute atomic E-state index is 0.888. The summed E-state index contributed by atoms with van der Waals surface area (Å²) in [6.07, 6.45) is 0. The summed E-state index contributed by atoms with van der Waals surface area (Å²) < 4.78 is 8.92. The van der Waals surface area contributed by atoms with Crippen molar-refractivity contribution < 1.29 is 4.42 Å². The second-order valence-corrected chi connectivity index (χ2v) is 12.0. The van der Waals surface area contributed by atoms with Crippen LogP contribution in [0.5, 0.6) is 0 Å². The van der Waals surface area contributed by atoms with Gasteiger partial charge in [0.25, 0.3) is 0 Å². The number of nitrogens with zero attached hydrogens (tertiary/aromatic N) is 1. The summed E-state index contributed by atoms with van der Waals surface area (Å²) in [5.41, 5.74) is 7.56. The predicted octanol–water partition coefficient (Wildman–Crippen LogP) is 12.2. The molecule has 0 aliphatic carbocycles. The van der Waals surface area contributed by atoms with Gasteiger partial charge in [0, 0.05) is 31.2 Å². The van der Waals surface area contributed by atoms with Gasteiger partial charge in [-0.1, -0.05) is 97.1 Å². The minimum Gasteiger partial charge on any atom is -0.456 e. The number of rotatable bonds is 4. The fourth-order valence-corrected chi connectivity index (χ4v) is 7.59. The van der Waals surface area contributed by atoms with Crippen LogP contribution in [0.15, 0.2) is 156 Å². The van der Waals surface area contributed by atoms with Crippen molar-refractivity contribution in [2.75, 3.05) is 4.90 Å². The molecule has 2 nitrogen and oxygen atoms in total. The van der Waals surface area contributed by atoms with Gasteiger partial charge in [0.1, 0.15) is 11.2 Å². The highest BCUT2D eigenvalue weighted by Gasteiger charge is 2.22. The zero-order valence-corrected chi connectivity index (χ0v) is 24.0. The number of para-hydroxylation sites is 1. The molecule has 2 heterocycles. The normalized spacial score (nSPS) is 11.7. The van der Waals surface area contributed by atoms with Crippen molar-refractivity contribution in [1.29, 1.82) is 0 Å². The Balaban J connectivity index is 1.29. The van der Waals surface area contributed by atoms with Crippen molar-refractivity contribution in [2.24, 2.45) is 0 Å². The Morgan fingerprint density at radius 3 is 1.98 bits per heavy atom. The Hall–Kier alpha value is -5.38. The number of hydrogen-bond acceptors (Lipinski definition) is 3. The van der Waals surface area contributed by atoms with Crippen molar-refractivity contribution in [1.82, 2.24) is 0 Å². The second kappa shape index (κ2) is 9.59. The molecule has 9 rings (SSSR count). The van der Waals surface area contributed by atoms with Crippen LogP contribution in [-0.4, -0.2) is 0 Å². The summed E-state index contributed by atoms with van der Waals surface area (Å²) in [4.78, 5) is 2.41. The molecule has 0 atom stereocenters. The van der Waals surface area contributed by atoms with E-state index in [1.54, 1.807) is 0 Å². The number of fused-ring (bicyclic) bond motifs is 7. The molecule has 0 radical (unpaired) electrons. The van der Waals surface area contributed by atoms with E-state index < -0.39 is 0 Å². The molecular formula is C40H25NOS. The number of anilines is 3. The third-order valence-corrected chi connectivity index (χ3v) is 9.59. The smallest absolute Gasteiger partial charge is 0.137 e. The molecule has 0 aliphatic heterocycles. The molecule has 43 heavy (non-hydrogen) atoms. The second-order valence-electron chi connectivity index (χ2n) is 10.9. The van der Waals surface area contributed by atoms with Crippen LogP contribution in [0.25, 0.3) is 64.0 Å². The largest absolute Gasteiger partial charge is 0.456 e. The summed E-state index contributed by atoms with van der Waals surface area (Å²) >= 11 is 1.85. The summed E-state index contributed by atoms with van der Waals surface area (Å²) in [6, 6.07) is 54.3. The van der Waals surface area contributed by atoms with Gasteiger partial charge in [0.2, 0.25) is 0 Å². The van der Waals surface area contributed by atoms with Gasteiger partial charge in [-0.3, -0.25) is 0 Å². The van der Waals surface area contributed by atoms with Gasteiger partial charge in [0.05, 0.1) is 16.8 Å². The highest BCUT2D eigenvalue weighted by Crippen LogP contribution is 2.48. The van der Waals surface area contributed by atoms with Crippen LogP contribution in [0.4, 0.5) is 17.1 Å². The Morgan fingerprint density at radius 1 is 0.442 bits per heavy atom. The maximum Gasteiger partial charge on any atom is 0.137 e. The Bertz CT molecular complexity index is 2350. The topological polar surface area (TPSA) is 16.4 Å². The van der Waals surface area contributed by atoms with E-state index in [0.717, 1.165) is 39.0 Å². The molecule has 0 saturated heterocycles. The fraction of sp³-hybridized carbons (Fsp3) is 0. The first-order chi connectivity index (χ1) is 21.3. The number of thiophene rings is 1. The predicted molar refractivity (Wildman–Crippen MR) is 184 cm³/mol. The summed E-state index contributed by atoms with van der Waals surface area (Å²) in [6.45, 7) is 0. The monoisotopic (exact) mass is 567 g/mol. The number of benzene rings is 7. The fourth-order valence-electron chi connectivity index (χ4n) is 6.46. The lowest BCUT2D eigenvalue weighted by atomic mass is 10.0. The third kappa shape index (κ3) is 3.86. The van der Waals surface area contributed by atoms with Gasteiger partial charge < -0.3 is 9.32 Å². The molecule has 0 bridgehead atoms. The molecule has 9 aromatic rings. The number of furan rings is 1. The molecule has 3 heteroatoms. The van der Waals surface area contributed by atoms with Crippen LogP contribution < -0.4 is 4.90 Å². The van der Waals surface area contributed by atoms with Crippen LogP contribution in [0, 0.1) is 0 Å². The van der Waals surface area contributed by atoms with Gasteiger partial charge in [0.15, 0.2) is 0 Å². The standard InChI is InChI=1S/C40H25NOS/c1-2-10-28-25-29(20-19-26(28)9-1)27-21-23-30(24-22-27)41(33-13-7-16-36-39(33)31-11-3-5-15-35(31)42-36)34-14-8-18-38-40(34)32-12-4-6-17-37(32)43-38/h1-25H. The maximum absolute atomic E-state index is 6.35. The first-order valence-electron chi connectivity index (χ1n) is 14.5. The van der Waals surface area contributed by atoms with E-state index in [0.29, 0.717) is 0 Å². The van der Waals surface area contributed by atoms with Gasteiger partial charge in [-0.25, -0.2) is 0 Å². The molecule has 2 aromatic heterocycles. The van der Waals surface area contributed by atoms with E-state index in [1.807, 2.05) is 17.4 Å². The van der Waals surface area contributed by atoms with Gasteiger partial charge in [-0.2, -0.15) is 0 Å². The van der Waals surface area contributed by atoms with E-state index in [1.165, 1.54) is 42.1 Å². The molecule has 0 fully saturated rings. The highest BCUT2D eigenvalue weighted by molar-refractivity contribution is 7.26. The molecular weight excluding hydrogens is 543 g/mol. The first kappa shape index (κ1) is 24.2. The van der Waals surface area contributed by atoms with Gasteiger partial charge in [-0.15, -0.1) is 11.3 Å². The van der Waals surface area contributed by atoms with Crippen LogP contribution in [0.3, 0.4) is 0 Å². The lowest BCUT2D eigenvalue weighted by Gasteiger charge is -2.27. The molecule has 0 spiro atoms. The molecule has 202 valence electrons. The average molecular weight is 568 g/mol. The average Bonchev–Trinajstić information content (AvgIpc) is 3.64. The van der Waals surface area contributed by atoms with E-state index in [9.17, 15) is 0 Å². The lowest BCUT2D eigenvalue weighted by molar-refractivity contribution is 0.669. The first-order valence-corrected chi connectivity index (χ1v) is 15.3. The maximum atomic E-state index is 6.35. The van der Waals surface area contributed by atoms with Crippen LogP contribution in [-0.2, 0) is 0 Å². The summed E-state index contributed by atoms with van der Waals surface area (Å²) in [5.74, 6) is 0. The lowest BCUT2D eigenvalue weighted by Crippen LogP contribution is -2.10. The quantitative estimate of drug-likeness (QED) is 0.210. The van der Waals surface area contributed by atoms with Gasteiger partial charge in [-0.05, 0) is 76.5 Å². The molecule has 7 aromatic carbocycles. The highest BCUT2D eigenvalue weighted by atomic mass is 32.1. The molecule has 0 N–H and O–H groups in total. The van der Waals surface area contributed by atoms with Crippen molar-refractivity contribution >= 4 is 81.3 Å². The third-order valence-electron chi connectivity index (χ3n) is 8.45. The molecule has 0 amide bonds. The Morgan fingerprint density at radius 2 is 1.09 bits per heavy atom. The number of hydrogen-bond donors (Lipinski definition) is 0. The van der Waals surface area contributed by atoms with E-state index in [2.05, 4.69) is 150 Å². The van der Waals surface area contributed by atoms with E-state index in [4.69, 9.17) is 4.42 Å². The zero-order valence-electron chi connectivity index (χ0n) is 23.2. The minimum atomic E-state index is 0.888. The van der Waals surface area contributed by atoms with Crippen LogP contribution in [0.2, 0.25) is 0 Å². The van der Waals surface area contributed by atoms with Crippen LogP contribution in [0.1, 0.15) is 0 Å². The Kier molecular flexibility index (Phi) is 5.40. The summed E-state index contributed by atoms with van der Waals surface area (Å²) in [7, 11) is 0. The van der Waals surface area contributed by atoms with E-state index >= 15 is 0 Å². The van der Waals surface area contributed by atoms with E-state index in [-0.39, 0.29) is 0 Å². The summed E-state index contributed by atoms with van der Waals surface area (Å²) in [5, 5.41) is 7.29. The molecule has 0 unspecified atom stereocenters. The molecule has 0 aliphatic rings. The van der Waals surface area contributed by atoms with Gasteiger partial charge >= 0.3 is 0 Å². The van der Waals surface area contributed by atoms with Crippen molar-refractivity contribution in [2.45, 2.75) is 0 Å². The van der Waals surface area contributed by atoms with Crippen LogP contribution >= 0.6 is 11.3 Å². The Labute approximate surface area is 252 Å². The van der Waals surface area contributed by atoms with Crippen molar-refractivity contribution in [3.63, 3.8) is 0 Å².